The van der Waals surface area contributed by atoms with Gasteiger partial charge in [-0.15, -0.1) is 0 Å². The van der Waals surface area contributed by atoms with Crippen molar-refractivity contribution in [2.24, 2.45) is 5.73 Å². The molecule has 2 aliphatic heterocycles. The molecule has 0 unspecified atom stereocenters. The van der Waals surface area contributed by atoms with E-state index in [4.69, 9.17) is 30.5 Å². The molecule has 5 N–H and O–H groups in total. The van der Waals surface area contributed by atoms with Gasteiger partial charge in [0.1, 0.15) is 24.7 Å². The summed E-state index contributed by atoms with van der Waals surface area (Å²) in [6.45, 7) is 9.24. The van der Waals surface area contributed by atoms with Crippen molar-refractivity contribution in [1.82, 2.24) is 29.7 Å². The van der Waals surface area contributed by atoms with E-state index in [1.807, 2.05) is 26.0 Å². The lowest BCUT2D eigenvalue weighted by Crippen LogP contribution is -2.39. The van der Waals surface area contributed by atoms with Gasteiger partial charge in [-0.25, -0.2) is 24.7 Å². The molecule has 6 aromatic rings. The van der Waals surface area contributed by atoms with Crippen molar-refractivity contribution in [2.75, 3.05) is 39.9 Å². The molecule has 0 saturated carbocycles. The first-order valence-electron chi connectivity index (χ1n) is 22.1. The summed E-state index contributed by atoms with van der Waals surface area (Å²) >= 11 is 0. The van der Waals surface area contributed by atoms with Crippen LogP contribution < -0.4 is 15.2 Å². The summed E-state index contributed by atoms with van der Waals surface area (Å²) in [5.74, 6) is 0.308. The lowest BCUT2D eigenvalue weighted by molar-refractivity contribution is 0.0695. The van der Waals surface area contributed by atoms with Crippen LogP contribution in [0.3, 0.4) is 0 Å². The first kappa shape index (κ1) is 55.8. The number of halogens is 3. The minimum atomic E-state index is -1.15. The van der Waals surface area contributed by atoms with Crippen LogP contribution in [0, 0.1) is 25.7 Å². The summed E-state index contributed by atoms with van der Waals surface area (Å²) in [5.41, 5.74) is 12.4. The van der Waals surface area contributed by atoms with E-state index in [0.29, 0.717) is 39.3 Å². The van der Waals surface area contributed by atoms with Crippen LogP contribution in [0.2, 0.25) is 0 Å². The number of ether oxygens (including phenoxy) is 2. The van der Waals surface area contributed by atoms with E-state index >= 15 is 0 Å². The van der Waals surface area contributed by atoms with Crippen LogP contribution in [0.25, 0.3) is 0 Å². The summed E-state index contributed by atoms with van der Waals surface area (Å²) < 4.78 is 63.1. The van der Waals surface area contributed by atoms with Gasteiger partial charge in [0, 0.05) is 82.3 Å². The van der Waals surface area contributed by atoms with E-state index in [1.165, 1.54) is 53.4 Å². The van der Waals surface area contributed by atoms with Crippen LogP contribution in [0.1, 0.15) is 80.1 Å². The molecule has 4 aromatic heterocycles. The average Bonchev–Trinajstić information content (AvgIpc) is 3.95. The quantitative estimate of drug-likeness (QED) is 0.0604. The number of aliphatic hydroxyl groups excluding tert-OH is 2. The van der Waals surface area contributed by atoms with Gasteiger partial charge >= 0.3 is 5.97 Å². The number of carbonyl (C=O) groups is 2. The van der Waals surface area contributed by atoms with E-state index in [1.54, 1.807) is 0 Å². The van der Waals surface area contributed by atoms with Crippen molar-refractivity contribution >= 4 is 38.7 Å². The van der Waals surface area contributed by atoms with E-state index in [0.717, 1.165) is 91.8 Å². The second-order valence-electron chi connectivity index (χ2n) is 15.7. The van der Waals surface area contributed by atoms with Gasteiger partial charge in [-0.1, -0.05) is 12.1 Å². The second-order valence-corrected chi connectivity index (χ2v) is 15.7. The first-order chi connectivity index (χ1) is 32.7. The molecule has 6 heterocycles. The molecule has 21 heteroatoms. The number of nitrogens with zero attached hydrogens (tertiary/aromatic N) is 6. The van der Waals surface area contributed by atoms with Crippen LogP contribution in [-0.4, -0.2) is 109 Å². The molecule has 374 valence electrons. The number of aliphatic hydroxyl groups is 2. The highest BCUT2D eigenvalue weighted by molar-refractivity contribution is 7.59. The molecule has 0 amide bonds. The third-order valence-corrected chi connectivity index (χ3v) is 10.9. The Hall–Kier alpha value is -5.81. The van der Waals surface area contributed by atoms with Crippen molar-refractivity contribution in [3.05, 3.63) is 154 Å². The number of oxazole rings is 2. The number of hydrogen-bond acceptors (Lipinski definition) is 15. The zero-order chi connectivity index (χ0) is 49.0. The highest BCUT2D eigenvalue weighted by Crippen LogP contribution is 2.27. The Bertz CT molecular complexity index is 2540. The molecule has 0 fully saturated rings. The van der Waals surface area contributed by atoms with Gasteiger partial charge in [0.05, 0.1) is 37.7 Å². The van der Waals surface area contributed by atoms with Crippen LogP contribution in [0.5, 0.6) is 11.5 Å². The van der Waals surface area contributed by atoms with Gasteiger partial charge in [-0.2, -0.15) is 35.8 Å². The zero-order valence-corrected chi connectivity index (χ0v) is 40.3. The van der Waals surface area contributed by atoms with Gasteiger partial charge in [-0.05, 0) is 91.8 Å². The summed E-state index contributed by atoms with van der Waals surface area (Å²) in [5, 5.41) is 28.4. The molecule has 8 rings (SSSR count). The molecular formula is C48H60F3N7O9S2. The summed E-state index contributed by atoms with van der Waals surface area (Å²) in [6.07, 6.45) is 6.46. The number of hydrogen-bond donors (Lipinski definition) is 4. The number of carbonyl (C=O) groups excluding carboxylic acids is 1. The molecule has 0 radical (unpaired) electrons. The molecule has 0 saturated heterocycles. The third-order valence-electron chi connectivity index (χ3n) is 10.9. The molecule has 2 aliphatic rings. The van der Waals surface area contributed by atoms with Crippen molar-refractivity contribution < 1.29 is 57.8 Å². The molecule has 2 atom stereocenters. The average molecular weight is 1000 g/mol. The minimum absolute atomic E-state index is 0. The monoisotopic (exact) mass is 1000 g/mol. The number of β-amino-alcohol motifs (C(OH)–C–C–N with tert-alkyl or cyclic N) is 2. The minimum Gasteiger partial charge on any atom is -0.486 e. The zero-order valence-electron chi connectivity index (χ0n) is 39.3. The summed E-state index contributed by atoms with van der Waals surface area (Å²) in [7, 11) is -1.00. The Morgan fingerprint density at radius 1 is 0.739 bits per heavy atom. The highest BCUT2D eigenvalue weighted by Gasteiger charge is 2.22. The van der Waals surface area contributed by atoms with Crippen LogP contribution in [0.15, 0.2) is 94.7 Å². The second kappa shape index (κ2) is 29.3. The largest absolute Gasteiger partial charge is 0.486 e. The Labute approximate surface area is 414 Å². The number of rotatable bonds is 16. The van der Waals surface area contributed by atoms with E-state index in [2.05, 4.69) is 54.0 Å². The highest BCUT2D eigenvalue weighted by atomic mass is 32.1. The number of carboxylic acid groups (broad SMARTS) is 1. The molecule has 69 heavy (non-hydrogen) atoms. The van der Waals surface area contributed by atoms with Crippen molar-refractivity contribution in [3.8, 4) is 11.5 Å². The lowest BCUT2D eigenvalue weighted by atomic mass is 9.98. The van der Waals surface area contributed by atoms with Crippen LogP contribution in [-0.2, 0) is 39.1 Å². The number of aromatic nitrogens is 4. The fraction of sp³-hybridized carbons (Fsp3) is 0.375. The molecule has 2 aromatic carbocycles. The number of nitrogens with two attached hydrogens (primary N) is 1. The number of aryl methyl sites for hydroxylation is 2. The predicted octanol–water partition coefficient (Wildman–Crippen LogP) is 6.45. The van der Waals surface area contributed by atoms with E-state index in [9.17, 15) is 33.0 Å². The Kier molecular flexibility index (Phi) is 23.7. The van der Waals surface area contributed by atoms with Crippen molar-refractivity contribution in [2.45, 2.75) is 78.0 Å². The molecule has 0 bridgehead atoms. The third kappa shape index (κ3) is 18.2. The fourth-order valence-corrected chi connectivity index (χ4v) is 7.21. The number of Topliss-reactive ketones (excluding diaryl/α,β-unsaturated/α-hetero) is 1. The van der Waals surface area contributed by atoms with Crippen molar-refractivity contribution in [3.63, 3.8) is 0 Å². The summed E-state index contributed by atoms with van der Waals surface area (Å²) in [4.78, 5) is 41.5. The number of alkyl halides is 1. The van der Waals surface area contributed by atoms with Crippen LogP contribution >= 0.6 is 27.0 Å². The molecule has 0 spiro atoms. The van der Waals surface area contributed by atoms with E-state index in [-0.39, 0.29) is 50.3 Å². The Balaban J connectivity index is 0.000000297. The topological polar surface area (TPSA) is 224 Å². The molecule has 0 aliphatic carbocycles. The number of pyridine rings is 2. The van der Waals surface area contributed by atoms with Crippen molar-refractivity contribution in [1.29, 1.82) is 0 Å². The first-order valence-corrected chi connectivity index (χ1v) is 21.4. The normalized spacial score (nSPS) is 13.8. The maximum Gasteiger partial charge on any atom is 0.335 e. The SMILES string of the molecule is Cc1ncoc1COc1ccc2c(c1)CCN(C[C@@H](O)CCC(=O)c1ccnc(F)c1)C2.Cc1ncoc1COc1ccc2c(c1)CCN(C[C@@H](O)CN)C2.O=C(O)c1ccnc(F)c1.S.S.[2H]CF. The van der Waals surface area contributed by atoms with E-state index < -0.39 is 37.2 Å². The van der Waals surface area contributed by atoms with Crippen LogP contribution in [0.4, 0.5) is 13.2 Å². The standard InChI is InChI=1S/C24H26FN3O4.C17H23N3O3.C6H4FNO2.CH3F.2H2S/c1-16-23(32-15-27-16)14-31-21-4-2-19-12-28(9-7-17(19)10-21)13-20(29)3-5-22(30)18-6-8-26-24(25)11-18;1-12-17(23-11-19-12)10-22-16-3-2-14-8-20(9-15(21)7-18)5-4-13(14)6-16;7-5-3-4(6(9)10)1-2-8-5;1-2;;/h2,4,6,8,10-11,15,20,29H,3,5,7,9,12-14H2,1H3;2-3,6,11,15,21H,4-5,7-10,18H2,1H3;1-3H,(H,9,10);1H3;2*1H2/t20-;15-;;;;/m00..../s1/i;;;1D;;. The predicted molar refractivity (Wildman–Crippen MR) is 260 cm³/mol. The number of benzene rings is 2. The molecule has 16 nitrogen and oxygen atoms in total. The van der Waals surface area contributed by atoms with Gasteiger partial charge in [0.15, 0.2) is 30.1 Å². The molecular weight excluding hydrogens is 940 g/mol. The Morgan fingerprint density at radius 3 is 1.62 bits per heavy atom. The van der Waals surface area contributed by atoms with Gasteiger partial charge < -0.3 is 39.4 Å². The smallest absolute Gasteiger partial charge is 0.335 e. The number of fused-ring (bicyclic) bond motifs is 2. The number of aromatic carboxylic acids is 1. The fourth-order valence-electron chi connectivity index (χ4n) is 7.21. The number of ketones is 1. The van der Waals surface area contributed by atoms with Gasteiger partial charge in [-0.3, -0.25) is 19.0 Å². The maximum atomic E-state index is 13.2. The summed E-state index contributed by atoms with van der Waals surface area (Å²) in [6, 6.07) is 16.9. The lowest BCUT2D eigenvalue weighted by Gasteiger charge is -2.30. The maximum absolute atomic E-state index is 13.2. The van der Waals surface area contributed by atoms with Gasteiger partial charge in [0.2, 0.25) is 11.9 Å². The number of carboxylic acids is 1. The van der Waals surface area contributed by atoms with Gasteiger partial charge in [0.25, 0.3) is 0 Å². The Morgan fingerprint density at radius 2 is 1.20 bits per heavy atom.